The number of aliphatic hydroxyl groups excluding tert-OH is 2. The third kappa shape index (κ3) is 5.48. The van der Waals surface area contributed by atoms with Gasteiger partial charge in [0.15, 0.2) is 11.5 Å². The van der Waals surface area contributed by atoms with Crippen molar-refractivity contribution >= 4 is 5.91 Å². The summed E-state index contributed by atoms with van der Waals surface area (Å²) < 4.78 is 11.1. The van der Waals surface area contributed by atoms with E-state index in [-0.39, 0.29) is 12.5 Å². The Kier molecular flexibility index (Phi) is 6.80. The maximum absolute atomic E-state index is 10.9. The van der Waals surface area contributed by atoms with Crippen LogP contribution in [0.5, 0.6) is 11.5 Å². The molecule has 0 saturated heterocycles. The first-order valence-electron chi connectivity index (χ1n) is 7.96. The molecule has 1 amide bonds. The number of ether oxygens (including phenoxy) is 2. The largest absolute Gasteiger partial charge is 0.493 e. The highest BCUT2D eigenvalue weighted by Gasteiger charge is 2.20. The van der Waals surface area contributed by atoms with Gasteiger partial charge in [-0.1, -0.05) is 36.4 Å². The Morgan fingerprint density at radius 1 is 1.12 bits per heavy atom. The van der Waals surface area contributed by atoms with Gasteiger partial charge in [0.1, 0.15) is 18.8 Å². The first-order chi connectivity index (χ1) is 12.0. The van der Waals surface area contributed by atoms with E-state index in [1.807, 2.05) is 30.3 Å². The number of methoxy groups -OCH3 is 1. The Hall–Kier alpha value is -2.57. The number of benzene rings is 2. The van der Waals surface area contributed by atoms with Crippen molar-refractivity contribution in [2.24, 2.45) is 0 Å². The summed E-state index contributed by atoms with van der Waals surface area (Å²) >= 11 is 0. The lowest BCUT2D eigenvalue weighted by atomic mass is 10.0. The van der Waals surface area contributed by atoms with Crippen molar-refractivity contribution < 1.29 is 24.5 Å². The summed E-state index contributed by atoms with van der Waals surface area (Å²) in [5.41, 5.74) is 1.47. The number of rotatable bonds is 8. The van der Waals surface area contributed by atoms with Crippen LogP contribution in [0.3, 0.4) is 0 Å². The van der Waals surface area contributed by atoms with Crippen LogP contribution < -0.4 is 14.8 Å². The molecule has 0 aromatic heterocycles. The number of amides is 1. The molecule has 0 aliphatic carbocycles. The molecule has 0 aliphatic rings. The second-order valence-corrected chi connectivity index (χ2v) is 5.63. The summed E-state index contributed by atoms with van der Waals surface area (Å²) in [7, 11) is 1.53. The lowest BCUT2D eigenvalue weighted by Gasteiger charge is -2.20. The summed E-state index contributed by atoms with van der Waals surface area (Å²) in [5.74, 6) is 0.728. The zero-order chi connectivity index (χ0) is 18.2. The van der Waals surface area contributed by atoms with Gasteiger partial charge in [0.2, 0.25) is 5.91 Å². The van der Waals surface area contributed by atoms with E-state index in [2.05, 4.69) is 5.32 Å². The molecule has 0 aliphatic heterocycles. The van der Waals surface area contributed by atoms with Gasteiger partial charge in [0.25, 0.3) is 0 Å². The highest BCUT2D eigenvalue weighted by molar-refractivity contribution is 5.72. The van der Waals surface area contributed by atoms with Crippen molar-refractivity contribution in [1.29, 1.82) is 0 Å². The molecule has 0 saturated carbocycles. The fraction of sp³-hybridized carbons (Fsp3) is 0.316. The van der Waals surface area contributed by atoms with Gasteiger partial charge in [-0.2, -0.15) is 0 Å². The number of hydrogen-bond donors (Lipinski definition) is 3. The Morgan fingerprint density at radius 2 is 1.84 bits per heavy atom. The van der Waals surface area contributed by atoms with Gasteiger partial charge in [-0.25, -0.2) is 0 Å². The first-order valence-corrected chi connectivity index (χ1v) is 7.96. The molecule has 6 nitrogen and oxygen atoms in total. The van der Waals surface area contributed by atoms with Crippen molar-refractivity contribution in [3.05, 3.63) is 59.7 Å². The van der Waals surface area contributed by atoms with Crippen LogP contribution in [-0.2, 0) is 11.4 Å². The molecule has 0 heterocycles. The van der Waals surface area contributed by atoms with Gasteiger partial charge in [0.05, 0.1) is 7.11 Å². The average molecular weight is 345 g/mol. The van der Waals surface area contributed by atoms with E-state index in [1.165, 1.54) is 14.0 Å². The van der Waals surface area contributed by atoms with Crippen molar-refractivity contribution in [2.45, 2.75) is 25.7 Å². The highest BCUT2D eigenvalue weighted by Crippen LogP contribution is 2.31. The second kappa shape index (κ2) is 9.05. The molecule has 6 heteroatoms. The lowest BCUT2D eigenvalue weighted by Crippen LogP contribution is -2.34. The van der Waals surface area contributed by atoms with Crippen LogP contribution in [0.1, 0.15) is 24.2 Å². The van der Waals surface area contributed by atoms with E-state index in [4.69, 9.17) is 9.47 Å². The summed E-state index contributed by atoms with van der Waals surface area (Å²) in [5, 5.41) is 22.8. The summed E-state index contributed by atoms with van der Waals surface area (Å²) in [6.07, 6.45) is -2.28. The Labute approximate surface area is 147 Å². The number of nitrogens with one attached hydrogen (secondary N) is 1. The molecule has 25 heavy (non-hydrogen) atoms. The van der Waals surface area contributed by atoms with Gasteiger partial charge in [-0.3, -0.25) is 4.79 Å². The van der Waals surface area contributed by atoms with Gasteiger partial charge < -0.3 is 25.0 Å². The number of aliphatic hydroxyl groups is 2. The standard InChI is InChI=1S/C19H23NO5/c1-13(21)20-11-16(22)19(23)15-8-9-17(24-2)18(10-15)25-12-14-6-4-3-5-7-14/h3-10,16,19,22-23H,11-12H2,1-2H3,(H,20,21). The molecule has 0 radical (unpaired) electrons. The third-order valence-corrected chi connectivity index (χ3v) is 3.69. The molecule has 134 valence electrons. The Morgan fingerprint density at radius 3 is 2.48 bits per heavy atom. The topological polar surface area (TPSA) is 88.0 Å². The van der Waals surface area contributed by atoms with E-state index in [0.717, 1.165) is 5.56 Å². The molecule has 2 unspecified atom stereocenters. The third-order valence-electron chi connectivity index (χ3n) is 3.69. The second-order valence-electron chi connectivity index (χ2n) is 5.63. The number of hydrogen-bond acceptors (Lipinski definition) is 5. The molecule has 2 atom stereocenters. The van der Waals surface area contributed by atoms with Crippen LogP contribution in [0.25, 0.3) is 0 Å². The predicted molar refractivity (Wildman–Crippen MR) is 93.4 cm³/mol. The quantitative estimate of drug-likeness (QED) is 0.679. The minimum absolute atomic E-state index is 0.0390. The van der Waals surface area contributed by atoms with E-state index >= 15 is 0 Å². The summed E-state index contributed by atoms with van der Waals surface area (Å²) in [6.45, 7) is 1.66. The monoisotopic (exact) mass is 345 g/mol. The summed E-state index contributed by atoms with van der Waals surface area (Å²) in [6, 6.07) is 14.6. The fourth-order valence-electron chi connectivity index (χ4n) is 2.31. The van der Waals surface area contributed by atoms with Crippen LogP contribution in [0.4, 0.5) is 0 Å². The fourth-order valence-corrected chi connectivity index (χ4v) is 2.31. The van der Waals surface area contributed by atoms with Gasteiger partial charge >= 0.3 is 0 Å². The normalized spacial score (nSPS) is 13.0. The molecule has 2 aromatic rings. The minimum atomic E-state index is -1.16. The van der Waals surface area contributed by atoms with Crippen LogP contribution >= 0.6 is 0 Å². The lowest BCUT2D eigenvalue weighted by molar-refractivity contribution is -0.119. The highest BCUT2D eigenvalue weighted by atomic mass is 16.5. The molecular formula is C19H23NO5. The van der Waals surface area contributed by atoms with Crippen molar-refractivity contribution in [2.75, 3.05) is 13.7 Å². The number of carbonyl (C=O) groups is 1. The SMILES string of the molecule is COc1ccc(C(O)C(O)CNC(C)=O)cc1OCc1ccccc1. The first kappa shape index (κ1) is 18.8. The zero-order valence-electron chi connectivity index (χ0n) is 14.3. The molecule has 2 aromatic carbocycles. The summed E-state index contributed by atoms with van der Waals surface area (Å²) in [4.78, 5) is 10.9. The maximum atomic E-state index is 10.9. The molecule has 3 N–H and O–H groups in total. The Bertz CT molecular complexity index is 689. The van der Waals surface area contributed by atoms with Gasteiger partial charge in [-0.05, 0) is 23.3 Å². The molecule has 0 fully saturated rings. The van der Waals surface area contributed by atoms with E-state index in [0.29, 0.717) is 23.7 Å². The minimum Gasteiger partial charge on any atom is -0.493 e. The molecule has 0 spiro atoms. The van der Waals surface area contributed by atoms with Crippen molar-refractivity contribution in [1.82, 2.24) is 5.32 Å². The van der Waals surface area contributed by atoms with Gasteiger partial charge in [0, 0.05) is 13.5 Å². The number of carbonyl (C=O) groups excluding carboxylic acids is 1. The van der Waals surface area contributed by atoms with Crippen LogP contribution in [-0.4, -0.2) is 35.9 Å². The van der Waals surface area contributed by atoms with E-state index in [1.54, 1.807) is 18.2 Å². The zero-order valence-corrected chi connectivity index (χ0v) is 14.3. The molecular weight excluding hydrogens is 322 g/mol. The maximum Gasteiger partial charge on any atom is 0.216 e. The van der Waals surface area contributed by atoms with E-state index < -0.39 is 12.2 Å². The van der Waals surface area contributed by atoms with E-state index in [9.17, 15) is 15.0 Å². The predicted octanol–water partition coefficient (Wildman–Crippen LogP) is 1.80. The molecule has 2 rings (SSSR count). The van der Waals surface area contributed by atoms with Crippen LogP contribution in [0, 0.1) is 0 Å². The van der Waals surface area contributed by atoms with Crippen molar-refractivity contribution in [3.8, 4) is 11.5 Å². The Balaban J connectivity index is 2.11. The van der Waals surface area contributed by atoms with Gasteiger partial charge in [-0.15, -0.1) is 0 Å². The average Bonchev–Trinajstić information content (AvgIpc) is 2.64. The van der Waals surface area contributed by atoms with Crippen LogP contribution in [0.15, 0.2) is 48.5 Å². The molecule has 0 bridgehead atoms. The van der Waals surface area contributed by atoms with Crippen molar-refractivity contribution in [3.63, 3.8) is 0 Å². The smallest absolute Gasteiger partial charge is 0.216 e. The van der Waals surface area contributed by atoms with Crippen LogP contribution in [0.2, 0.25) is 0 Å².